The van der Waals surface area contributed by atoms with Crippen LogP contribution in [0.3, 0.4) is 0 Å². The number of benzene rings is 2. The second kappa shape index (κ2) is 9.80. The first kappa shape index (κ1) is 22.8. The minimum atomic E-state index is 0. The number of rotatable bonds is 6. The van der Waals surface area contributed by atoms with Gasteiger partial charge in [-0.3, -0.25) is 0 Å². The summed E-state index contributed by atoms with van der Waals surface area (Å²) in [4.78, 5) is 0. The second-order valence-electron chi connectivity index (χ2n) is 8.73. The quantitative estimate of drug-likeness (QED) is 0.496. The van der Waals surface area contributed by atoms with Crippen molar-refractivity contribution in [3.05, 3.63) is 65.2 Å². The molecule has 2 aromatic rings. The first-order chi connectivity index (χ1) is 12.6. The molecular weight excluding hydrogens is 366 g/mol. The Balaban J connectivity index is 0.00000140. The molecule has 2 aromatic carbocycles. The van der Waals surface area contributed by atoms with E-state index in [4.69, 9.17) is 4.74 Å². The van der Waals surface area contributed by atoms with Crippen molar-refractivity contribution < 1.29 is 9.22 Å². The zero-order valence-corrected chi connectivity index (χ0v) is 17.5. The molecule has 0 aromatic heterocycles. The van der Waals surface area contributed by atoms with Gasteiger partial charge in [0.2, 0.25) is 0 Å². The van der Waals surface area contributed by atoms with Gasteiger partial charge in [-0.1, -0.05) is 57.7 Å². The molecule has 2 bridgehead atoms. The minimum Gasteiger partial charge on any atom is -0.489 e. The van der Waals surface area contributed by atoms with Gasteiger partial charge in [0, 0.05) is 5.56 Å². The lowest BCUT2D eigenvalue weighted by atomic mass is 9.85. The Morgan fingerprint density at radius 3 is 1.93 bits per heavy atom. The van der Waals surface area contributed by atoms with Crippen molar-refractivity contribution in [2.75, 3.05) is 19.6 Å². The average Bonchev–Trinajstić information content (AvgIpc) is 2.69. The molecule has 3 saturated heterocycles. The summed E-state index contributed by atoms with van der Waals surface area (Å²) in [6, 6.07) is 17.6. The first-order valence-electron chi connectivity index (χ1n) is 10.3. The molecule has 0 saturated carbocycles. The highest BCUT2D eigenvalue weighted by Crippen LogP contribution is 2.35. The predicted molar refractivity (Wildman–Crippen MR) is 121 cm³/mol. The predicted octanol–water partition coefficient (Wildman–Crippen LogP) is 6.58. The molecule has 0 radical (unpaired) electrons. The second-order valence-corrected chi connectivity index (χ2v) is 8.73. The molecular formula is C25H37ClNO+. The molecule has 3 aliphatic heterocycles. The summed E-state index contributed by atoms with van der Waals surface area (Å²) in [7, 11) is 0. The molecule has 3 fully saturated rings. The summed E-state index contributed by atoms with van der Waals surface area (Å²) < 4.78 is 7.29. The van der Waals surface area contributed by atoms with Crippen LogP contribution >= 0.6 is 12.4 Å². The SMILES string of the molecule is C.CC(C)c1ccc(OCc2ccc(C[N+]34CCC(CC3)CC4)cc2)cc1.Cl. The smallest absolute Gasteiger partial charge is 0.119 e. The van der Waals surface area contributed by atoms with Crippen LogP contribution in [0.4, 0.5) is 0 Å². The molecule has 0 atom stereocenters. The first-order valence-corrected chi connectivity index (χ1v) is 10.3. The molecule has 0 unspecified atom stereocenters. The number of piperidine rings is 3. The standard InChI is InChI=1S/C24H32NO.CH4.ClH/c1-19(2)23-7-9-24(10-8-23)26-18-22-5-3-21(4-6-22)17-25-14-11-20(12-15-25)13-16-25;;/h3-10,19-20H,11-18H2,1-2H3;1H4;1H/q+1;;. The molecule has 3 heteroatoms. The van der Waals surface area contributed by atoms with E-state index in [0.29, 0.717) is 12.5 Å². The Morgan fingerprint density at radius 2 is 1.39 bits per heavy atom. The van der Waals surface area contributed by atoms with E-state index in [1.807, 2.05) is 0 Å². The Morgan fingerprint density at radius 1 is 0.857 bits per heavy atom. The average molecular weight is 403 g/mol. The lowest BCUT2D eigenvalue weighted by Crippen LogP contribution is -2.57. The molecule has 0 N–H and O–H groups in total. The van der Waals surface area contributed by atoms with Crippen LogP contribution in [-0.2, 0) is 13.2 Å². The normalized spacial score (nSPS) is 23.0. The van der Waals surface area contributed by atoms with Crippen LogP contribution in [-0.4, -0.2) is 24.1 Å². The van der Waals surface area contributed by atoms with Gasteiger partial charge in [-0.15, -0.1) is 12.4 Å². The van der Waals surface area contributed by atoms with E-state index in [1.165, 1.54) is 66.6 Å². The zero-order valence-electron chi connectivity index (χ0n) is 16.7. The molecule has 3 heterocycles. The van der Waals surface area contributed by atoms with E-state index in [-0.39, 0.29) is 19.8 Å². The number of ether oxygens (including phenoxy) is 1. The van der Waals surface area contributed by atoms with Crippen LogP contribution in [0.25, 0.3) is 0 Å². The van der Waals surface area contributed by atoms with Crippen molar-refractivity contribution in [3.8, 4) is 5.75 Å². The van der Waals surface area contributed by atoms with E-state index in [0.717, 1.165) is 11.7 Å². The van der Waals surface area contributed by atoms with Gasteiger partial charge in [-0.2, -0.15) is 0 Å². The highest BCUT2D eigenvalue weighted by molar-refractivity contribution is 5.85. The topological polar surface area (TPSA) is 9.23 Å². The molecule has 28 heavy (non-hydrogen) atoms. The monoisotopic (exact) mass is 402 g/mol. The lowest BCUT2D eigenvalue weighted by molar-refractivity contribution is -0.955. The summed E-state index contributed by atoms with van der Waals surface area (Å²) in [5.74, 6) is 2.55. The van der Waals surface area contributed by atoms with Crippen molar-refractivity contribution in [1.82, 2.24) is 0 Å². The summed E-state index contributed by atoms with van der Waals surface area (Å²) in [6.07, 6.45) is 4.34. The van der Waals surface area contributed by atoms with Gasteiger partial charge in [-0.05, 0) is 54.4 Å². The van der Waals surface area contributed by atoms with Crippen molar-refractivity contribution in [2.45, 2.75) is 59.6 Å². The van der Waals surface area contributed by atoms with Crippen molar-refractivity contribution in [1.29, 1.82) is 0 Å². The largest absolute Gasteiger partial charge is 0.489 e. The Kier molecular flexibility index (Phi) is 7.97. The highest BCUT2D eigenvalue weighted by atomic mass is 35.5. The van der Waals surface area contributed by atoms with Crippen LogP contribution in [0.5, 0.6) is 5.75 Å². The maximum Gasteiger partial charge on any atom is 0.119 e. The van der Waals surface area contributed by atoms with Crippen LogP contribution in [0, 0.1) is 5.92 Å². The Hall–Kier alpha value is -1.51. The van der Waals surface area contributed by atoms with Crippen LogP contribution in [0.1, 0.15) is 63.1 Å². The molecule has 154 valence electrons. The summed E-state index contributed by atoms with van der Waals surface area (Å²) in [5.41, 5.74) is 4.09. The van der Waals surface area contributed by atoms with Gasteiger partial charge in [0.25, 0.3) is 0 Å². The minimum absolute atomic E-state index is 0. The van der Waals surface area contributed by atoms with E-state index >= 15 is 0 Å². The van der Waals surface area contributed by atoms with Gasteiger partial charge in [0.15, 0.2) is 0 Å². The maximum absolute atomic E-state index is 5.96. The number of halogens is 1. The number of quaternary nitrogens is 1. The fraction of sp³-hybridized carbons (Fsp3) is 0.520. The maximum atomic E-state index is 5.96. The Bertz CT molecular complexity index is 701. The third-order valence-electron chi connectivity index (χ3n) is 6.53. The molecule has 5 rings (SSSR count). The summed E-state index contributed by atoms with van der Waals surface area (Å²) in [6.45, 7) is 10.5. The number of fused-ring (bicyclic) bond motifs is 3. The van der Waals surface area contributed by atoms with Gasteiger partial charge in [-0.25, -0.2) is 0 Å². The molecule has 2 nitrogen and oxygen atoms in total. The van der Waals surface area contributed by atoms with E-state index < -0.39 is 0 Å². The van der Waals surface area contributed by atoms with Gasteiger partial charge in [0.05, 0.1) is 19.6 Å². The lowest BCUT2D eigenvalue weighted by Gasteiger charge is -2.49. The van der Waals surface area contributed by atoms with E-state index in [2.05, 4.69) is 62.4 Å². The summed E-state index contributed by atoms with van der Waals surface area (Å²) >= 11 is 0. The molecule has 3 aliphatic rings. The molecule has 0 amide bonds. The van der Waals surface area contributed by atoms with Crippen molar-refractivity contribution in [3.63, 3.8) is 0 Å². The van der Waals surface area contributed by atoms with E-state index in [9.17, 15) is 0 Å². The van der Waals surface area contributed by atoms with Crippen molar-refractivity contribution in [2.24, 2.45) is 5.92 Å². The fourth-order valence-corrected chi connectivity index (χ4v) is 4.62. The van der Waals surface area contributed by atoms with Crippen LogP contribution in [0.2, 0.25) is 0 Å². The molecule has 0 aliphatic carbocycles. The zero-order chi connectivity index (χ0) is 18.0. The third kappa shape index (κ3) is 5.30. The third-order valence-corrected chi connectivity index (χ3v) is 6.53. The molecule has 0 spiro atoms. The fourth-order valence-electron chi connectivity index (χ4n) is 4.62. The van der Waals surface area contributed by atoms with E-state index in [1.54, 1.807) is 0 Å². The highest BCUT2D eigenvalue weighted by Gasteiger charge is 2.39. The van der Waals surface area contributed by atoms with Gasteiger partial charge >= 0.3 is 0 Å². The van der Waals surface area contributed by atoms with Gasteiger partial charge in [0.1, 0.15) is 18.9 Å². The summed E-state index contributed by atoms with van der Waals surface area (Å²) in [5, 5.41) is 0. The van der Waals surface area contributed by atoms with Gasteiger partial charge < -0.3 is 9.22 Å². The number of hydrogen-bond donors (Lipinski definition) is 0. The number of nitrogens with zero attached hydrogens (tertiary/aromatic N) is 1. The van der Waals surface area contributed by atoms with Crippen LogP contribution in [0.15, 0.2) is 48.5 Å². The van der Waals surface area contributed by atoms with Crippen LogP contribution < -0.4 is 4.74 Å². The Labute approximate surface area is 177 Å². The van der Waals surface area contributed by atoms with Crippen molar-refractivity contribution >= 4 is 12.4 Å². The number of hydrogen-bond acceptors (Lipinski definition) is 1.